The van der Waals surface area contributed by atoms with Gasteiger partial charge in [0, 0.05) is 24.8 Å². The third kappa shape index (κ3) is 4.14. The van der Waals surface area contributed by atoms with Crippen molar-refractivity contribution in [2.45, 2.75) is 39.2 Å². The Kier molecular flexibility index (Phi) is 5.70. The van der Waals surface area contributed by atoms with Crippen molar-refractivity contribution in [1.29, 1.82) is 0 Å². The van der Waals surface area contributed by atoms with Gasteiger partial charge in [0.1, 0.15) is 6.04 Å². The average Bonchev–Trinajstić information content (AvgIpc) is 3.23. The zero-order valence-corrected chi connectivity index (χ0v) is 17.6. The normalized spacial score (nSPS) is 15.2. The number of fused-ring (bicyclic) bond motifs is 3. The second kappa shape index (κ2) is 8.59. The van der Waals surface area contributed by atoms with Gasteiger partial charge in [-0.25, -0.2) is 4.98 Å². The molecular weight excluding hydrogens is 394 g/mol. The van der Waals surface area contributed by atoms with E-state index in [1.807, 2.05) is 28.8 Å². The molecule has 1 aliphatic heterocycles. The number of carbonyl (C=O) groups excluding carboxylic acids is 3. The van der Waals surface area contributed by atoms with Crippen molar-refractivity contribution >= 4 is 46.1 Å². The highest BCUT2D eigenvalue weighted by Gasteiger charge is 2.40. The van der Waals surface area contributed by atoms with Crippen LogP contribution in [-0.4, -0.2) is 33.8 Å². The van der Waals surface area contributed by atoms with E-state index in [9.17, 15) is 14.4 Å². The van der Waals surface area contributed by atoms with Crippen molar-refractivity contribution in [3.63, 3.8) is 0 Å². The summed E-state index contributed by atoms with van der Waals surface area (Å²) in [6.07, 6.45) is 1.85. The molecule has 0 fully saturated rings. The van der Waals surface area contributed by atoms with E-state index in [1.54, 1.807) is 29.2 Å². The fourth-order valence-electron chi connectivity index (χ4n) is 3.85. The standard InChI is InChI=1S/C23H25N5O3/c1-3-4-13-27-22(31)20(28-19-8-6-5-7-18(19)26-23(27)28)14-21(30)25-17-11-9-16(10-12-17)24-15(2)29/h5-12,20H,3-4,13-14H2,1-2H3,(H,24,29)(H,25,30). The van der Waals surface area contributed by atoms with Crippen molar-refractivity contribution in [3.8, 4) is 0 Å². The van der Waals surface area contributed by atoms with Gasteiger partial charge in [0.15, 0.2) is 0 Å². The van der Waals surface area contributed by atoms with Crippen LogP contribution in [0.4, 0.5) is 17.3 Å². The minimum absolute atomic E-state index is 0.0161. The van der Waals surface area contributed by atoms with Gasteiger partial charge in [0.25, 0.3) is 5.91 Å². The highest BCUT2D eigenvalue weighted by Crippen LogP contribution is 2.36. The van der Waals surface area contributed by atoms with Crippen LogP contribution in [-0.2, 0) is 14.4 Å². The molecule has 0 bridgehead atoms. The molecule has 0 spiro atoms. The molecule has 0 radical (unpaired) electrons. The molecule has 3 amide bonds. The van der Waals surface area contributed by atoms with Crippen molar-refractivity contribution in [2.75, 3.05) is 22.1 Å². The second-order valence-corrected chi connectivity index (χ2v) is 7.64. The fraction of sp³-hybridized carbons (Fsp3) is 0.304. The lowest BCUT2D eigenvalue weighted by Crippen LogP contribution is -2.32. The molecule has 8 heteroatoms. The number of unbranched alkanes of at least 4 members (excludes halogenated alkanes) is 1. The molecule has 0 saturated carbocycles. The Morgan fingerprint density at radius 1 is 1.03 bits per heavy atom. The number of rotatable bonds is 7. The van der Waals surface area contributed by atoms with Crippen LogP contribution in [0.5, 0.6) is 0 Å². The van der Waals surface area contributed by atoms with E-state index in [0.717, 1.165) is 23.9 Å². The molecule has 2 N–H and O–H groups in total. The molecule has 1 atom stereocenters. The van der Waals surface area contributed by atoms with E-state index >= 15 is 0 Å². The van der Waals surface area contributed by atoms with Gasteiger partial charge in [-0.3, -0.25) is 23.9 Å². The molecule has 0 saturated heterocycles. The minimum Gasteiger partial charge on any atom is -0.326 e. The van der Waals surface area contributed by atoms with Crippen molar-refractivity contribution in [3.05, 3.63) is 48.5 Å². The molecule has 1 unspecified atom stereocenters. The van der Waals surface area contributed by atoms with Crippen LogP contribution in [0.25, 0.3) is 11.0 Å². The van der Waals surface area contributed by atoms with Crippen molar-refractivity contribution in [2.24, 2.45) is 0 Å². The van der Waals surface area contributed by atoms with Gasteiger partial charge in [-0.15, -0.1) is 0 Å². The number of imidazole rings is 1. The van der Waals surface area contributed by atoms with Crippen LogP contribution < -0.4 is 15.5 Å². The fourth-order valence-corrected chi connectivity index (χ4v) is 3.85. The molecule has 4 rings (SSSR count). The lowest BCUT2D eigenvalue weighted by atomic mass is 10.1. The molecule has 2 heterocycles. The van der Waals surface area contributed by atoms with Crippen LogP contribution >= 0.6 is 0 Å². The largest absolute Gasteiger partial charge is 0.326 e. The summed E-state index contributed by atoms with van der Waals surface area (Å²) in [5, 5.41) is 5.53. The number of anilines is 3. The molecule has 31 heavy (non-hydrogen) atoms. The Bertz CT molecular complexity index is 1140. The van der Waals surface area contributed by atoms with E-state index in [0.29, 0.717) is 23.9 Å². The van der Waals surface area contributed by atoms with Crippen molar-refractivity contribution in [1.82, 2.24) is 9.55 Å². The average molecular weight is 419 g/mol. The van der Waals surface area contributed by atoms with Gasteiger partial charge >= 0.3 is 0 Å². The third-order valence-corrected chi connectivity index (χ3v) is 5.28. The van der Waals surface area contributed by atoms with E-state index in [-0.39, 0.29) is 24.1 Å². The summed E-state index contributed by atoms with van der Waals surface area (Å²) in [6, 6.07) is 13.9. The van der Waals surface area contributed by atoms with Crippen LogP contribution in [0.15, 0.2) is 48.5 Å². The minimum atomic E-state index is -0.627. The molecular formula is C23H25N5O3. The zero-order chi connectivity index (χ0) is 22.0. The quantitative estimate of drug-likeness (QED) is 0.610. The highest BCUT2D eigenvalue weighted by molar-refractivity contribution is 6.05. The molecule has 1 aliphatic rings. The Morgan fingerprint density at radius 3 is 2.39 bits per heavy atom. The first-order chi connectivity index (χ1) is 15.0. The van der Waals surface area contributed by atoms with E-state index < -0.39 is 6.04 Å². The summed E-state index contributed by atoms with van der Waals surface area (Å²) in [6.45, 7) is 4.10. The number of benzene rings is 2. The maximum absolute atomic E-state index is 13.2. The number of para-hydroxylation sites is 2. The third-order valence-electron chi connectivity index (χ3n) is 5.28. The summed E-state index contributed by atoms with van der Waals surface area (Å²) in [5.41, 5.74) is 2.91. The second-order valence-electron chi connectivity index (χ2n) is 7.64. The van der Waals surface area contributed by atoms with Crippen LogP contribution in [0.2, 0.25) is 0 Å². The summed E-state index contributed by atoms with van der Waals surface area (Å²) in [7, 11) is 0. The number of carbonyl (C=O) groups is 3. The van der Waals surface area contributed by atoms with Crippen LogP contribution in [0.1, 0.15) is 39.2 Å². The summed E-state index contributed by atoms with van der Waals surface area (Å²) in [4.78, 5) is 43.4. The Labute approximate surface area is 180 Å². The lowest BCUT2D eigenvalue weighted by Gasteiger charge is -2.15. The van der Waals surface area contributed by atoms with Gasteiger partial charge in [-0.2, -0.15) is 0 Å². The smallest absolute Gasteiger partial charge is 0.253 e. The monoisotopic (exact) mass is 419 g/mol. The molecule has 3 aromatic rings. The predicted molar refractivity (Wildman–Crippen MR) is 120 cm³/mol. The van der Waals surface area contributed by atoms with Gasteiger partial charge < -0.3 is 10.6 Å². The SMILES string of the molecule is CCCCN1C(=O)C(CC(=O)Nc2ccc(NC(C)=O)cc2)n2c1nc1ccccc12. The van der Waals surface area contributed by atoms with E-state index in [1.165, 1.54) is 6.92 Å². The van der Waals surface area contributed by atoms with Gasteiger partial charge in [-0.1, -0.05) is 25.5 Å². The molecule has 8 nitrogen and oxygen atoms in total. The molecule has 1 aromatic heterocycles. The van der Waals surface area contributed by atoms with Gasteiger partial charge in [0.2, 0.25) is 17.8 Å². The number of hydrogen-bond acceptors (Lipinski definition) is 4. The Hall–Kier alpha value is -3.68. The maximum atomic E-state index is 13.2. The van der Waals surface area contributed by atoms with Crippen molar-refractivity contribution < 1.29 is 14.4 Å². The number of amides is 3. The maximum Gasteiger partial charge on any atom is 0.253 e. The number of aromatic nitrogens is 2. The van der Waals surface area contributed by atoms with Crippen LogP contribution in [0, 0.1) is 0 Å². The topological polar surface area (TPSA) is 96.3 Å². The highest BCUT2D eigenvalue weighted by atomic mass is 16.2. The summed E-state index contributed by atoms with van der Waals surface area (Å²) in [5.74, 6) is 0.0918. The molecule has 160 valence electrons. The first-order valence-corrected chi connectivity index (χ1v) is 10.4. The van der Waals surface area contributed by atoms with E-state index in [4.69, 9.17) is 0 Å². The summed E-state index contributed by atoms with van der Waals surface area (Å²) < 4.78 is 1.88. The zero-order valence-electron chi connectivity index (χ0n) is 17.6. The Balaban J connectivity index is 1.54. The first-order valence-electron chi connectivity index (χ1n) is 10.4. The molecule has 2 aromatic carbocycles. The van der Waals surface area contributed by atoms with Gasteiger partial charge in [-0.05, 0) is 42.8 Å². The Morgan fingerprint density at radius 2 is 1.71 bits per heavy atom. The predicted octanol–water partition coefficient (Wildman–Crippen LogP) is 3.71. The van der Waals surface area contributed by atoms with Crippen LogP contribution in [0.3, 0.4) is 0 Å². The lowest BCUT2D eigenvalue weighted by molar-refractivity contribution is -0.124. The number of hydrogen-bond donors (Lipinski definition) is 2. The first kappa shape index (κ1) is 20.6. The van der Waals surface area contributed by atoms with Gasteiger partial charge in [0.05, 0.1) is 17.5 Å². The summed E-state index contributed by atoms with van der Waals surface area (Å²) >= 11 is 0. The molecule has 0 aliphatic carbocycles. The van der Waals surface area contributed by atoms with E-state index in [2.05, 4.69) is 22.5 Å². The number of nitrogens with zero attached hydrogens (tertiary/aromatic N) is 3. The number of nitrogens with one attached hydrogen (secondary N) is 2.